The van der Waals surface area contributed by atoms with Crippen LogP contribution in [0.2, 0.25) is 0 Å². The summed E-state index contributed by atoms with van der Waals surface area (Å²) >= 11 is 0. The van der Waals surface area contributed by atoms with E-state index in [4.69, 9.17) is 6.42 Å². The van der Waals surface area contributed by atoms with Gasteiger partial charge in [0.05, 0.1) is 0 Å². The van der Waals surface area contributed by atoms with E-state index < -0.39 is 12.0 Å². The molecule has 0 aliphatic rings. The molecule has 66 valence electrons. The molecule has 0 radical (unpaired) electrons. The summed E-state index contributed by atoms with van der Waals surface area (Å²) in [6.45, 7) is 2.79. The third-order valence-electron chi connectivity index (χ3n) is 1.07. The molecule has 0 saturated heterocycles. The molecule has 0 aromatic heterocycles. The first-order valence-corrected chi connectivity index (χ1v) is 3.45. The van der Waals surface area contributed by atoms with Gasteiger partial charge >= 0.3 is 5.97 Å². The van der Waals surface area contributed by atoms with Gasteiger partial charge in [-0.2, -0.15) is 0 Å². The van der Waals surface area contributed by atoms with E-state index in [0.717, 1.165) is 0 Å². The van der Waals surface area contributed by atoms with Crippen LogP contribution in [0.15, 0.2) is 0 Å². The van der Waals surface area contributed by atoms with Crippen molar-refractivity contribution in [3.8, 4) is 12.3 Å². The summed E-state index contributed by atoms with van der Waals surface area (Å²) in [6.07, 6.45) is 4.86. The van der Waals surface area contributed by atoms with Gasteiger partial charge in [-0.3, -0.25) is 4.79 Å². The van der Waals surface area contributed by atoms with Crippen molar-refractivity contribution in [1.29, 1.82) is 0 Å². The highest BCUT2D eigenvalue weighted by atomic mass is 16.5. The van der Waals surface area contributed by atoms with E-state index in [2.05, 4.69) is 16.0 Å². The van der Waals surface area contributed by atoms with Crippen molar-refractivity contribution in [1.82, 2.24) is 5.32 Å². The zero-order valence-corrected chi connectivity index (χ0v) is 7.09. The molecule has 12 heavy (non-hydrogen) atoms. The average molecular weight is 169 g/mol. The number of amides is 1. The smallest absolute Gasteiger partial charge is 0.329 e. The lowest BCUT2D eigenvalue weighted by atomic mass is 10.3. The van der Waals surface area contributed by atoms with Crippen molar-refractivity contribution >= 4 is 11.9 Å². The van der Waals surface area contributed by atoms with Gasteiger partial charge in [-0.05, 0) is 6.92 Å². The number of esters is 1. The maximum Gasteiger partial charge on any atom is 0.329 e. The van der Waals surface area contributed by atoms with Crippen LogP contribution in [0.4, 0.5) is 0 Å². The third kappa shape index (κ3) is 4.34. The van der Waals surface area contributed by atoms with Crippen molar-refractivity contribution in [3.63, 3.8) is 0 Å². The van der Waals surface area contributed by atoms with E-state index in [9.17, 15) is 9.59 Å². The number of rotatable bonds is 3. The number of ether oxygens (including phenoxy) is 1. The first-order valence-electron chi connectivity index (χ1n) is 3.45. The van der Waals surface area contributed by atoms with Crippen LogP contribution >= 0.6 is 0 Å². The molecule has 0 spiro atoms. The standard InChI is InChI=1S/C8H11NO3/c1-4-5-12-8(11)6(2)9-7(3)10/h1,6H,5H2,2-3H3,(H,9,10)/t6-/m0/s1. The number of carbonyl (C=O) groups excluding carboxylic acids is 2. The van der Waals surface area contributed by atoms with E-state index in [1.807, 2.05) is 0 Å². The summed E-state index contributed by atoms with van der Waals surface area (Å²) in [4.78, 5) is 21.4. The van der Waals surface area contributed by atoms with Crippen molar-refractivity contribution in [2.75, 3.05) is 6.61 Å². The van der Waals surface area contributed by atoms with Crippen LogP contribution < -0.4 is 5.32 Å². The molecular weight excluding hydrogens is 158 g/mol. The quantitative estimate of drug-likeness (QED) is 0.465. The summed E-state index contributed by atoms with van der Waals surface area (Å²) in [6, 6.07) is -0.643. The molecular formula is C8H11NO3. The number of nitrogens with one attached hydrogen (secondary N) is 1. The van der Waals surface area contributed by atoms with Crippen molar-refractivity contribution < 1.29 is 14.3 Å². The summed E-state index contributed by atoms with van der Waals surface area (Å²) < 4.78 is 4.56. The summed E-state index contributed by atoms with van der Waals surface area (Å²) in [5.74, 6) is 1.35. The molecule has 1 N–H and O–H groups in total. The molecule has 0 aliphatic carbocycles. The Morgan fingerprint density at radius 2 is 2.25 bits per heavy atom. The second kappa shape index (κ2) is 5.19. The number of hydrogen-bond acceptors (Lipinski definition) is 3. The largest absolute Gasteiger partial charge is 0.451 e. The maximum atomic E-state index is 10.9. The van der Waals surface area contributed by atoms with Crippen molar-refractivity contribution in [3.05, 3.63) is 0 Å². The van der Waals surface area contributed by atoms with Gasteiger partial charge in [0.15, 0.2) is 6.61 Å². The number of hydrogen-bond donors (Lipinski definition) is 1. The van der Waals surface area contributed by atoms with E-state index in [-0.39, 0.29) is 12.5 Å². The Morgan fingerprint density at radius 1 is 1.67 bits per heavy atom. The van der Waals surface area contributed by atoms with Crippen molar-refractivity contribution in [2.45, 2.75) is 19.9 Å². The Balaban J connectivity index is 3.78. The molecule has 0 unspecified atom stereocenters. The molecule has 0 aromatic carbocycles. The zero-order valence-electron chi connectivity index (χ0n) is 7.09. The van der Waals surface area contributed by atoms with Crippen LogP contribution in [0.1, 0.15) is 13.8 Å². The molecule has 0 aliphatic heterocycles. The first-order chi connectivity index (χ1) is 5.57. The number of carbonyl (C=O) groups is 2. The van der Waals surface area contributed by atoms with Gasteiger partial charge in [0, 0.05) is 6.92 Å². The lowest BCUT2D eigenvalue weighted by molar-refractivity contribution is -0.145. The van der Waals surface area contributed by atoms with Gasteiger partial charge in [-0.1, -0.05) is 5.92 Å². The molecule has 0 fully saturated rings. The third-order valence-corrected chi connectivity index (χ3v) is 1.07. The zero-order chi connectivity index (χ0) is 9.56. The van der Waals surface area contributed by atoms with Crippen LogP contribution in [0, 0.1) is 12.3 Å². The van der Waals surface area contributed by atoms with Gasteiger partial charge in [0.2, 0.25) is 5.91 Å². The van der Waals surface area contributed by atoms with Gasteiger partial charge in [-0.15, -0.1) is 6.42 Å². The van der Waals surface area contributed by atoms with Gasteiger partial charge in [-0.25, -0.2) is 4.79 Å². The van der Waals surface area contributed by atoms with Crippen LogP contribution in [-0.4, -0.2) is 24.5 Å². The monoisotopic (exact) mass is 169 g/mol. The molecule has 0 saturated carbocycles. The second-order valence-corrected chi connectivity index (χ2v) is 2.23. The topological polar surface area (TPSA) is 55.4 Å². The Hall–Kier alpha value is -1.50. The van der Waals surface area contributed by atoms with Crippen LogP contribution in [0.3, 0.4) is 0 Å². The predicted molar refractivity (Wildman–Crippen MR) is 43.1 cm³/mol. The van der Waals surface area contributed by atoms with Crippen LogP contribution in [-0.2, 0) is 14.3 Å². The highest BCUT2D eigenvalue weighted by molar-refractivity contribution is 5.82. The van der Waals surface area contributed by atoms with Crippen LogP contribution in [0.5, 0.6) is 0 Å². The average Bonchev–Trinajstić information content (AvgIpc) is 1.98. The highest BCUT2D eigenvalue weighted by Crippen LogP contribution is 1.86. The molecule has 4 heteroatoms. The fourth-order valence-electron chi connectivity index (χ4n) is 0.602. The Labute approximate surface area is 71.3 Å². The fraction of sp³-hybridized carbons (Fsp3) is 0.500. The highest BCUT2D eigenvalue weighted by Gasteiger charge is 2.13. The van der Waals surface area contributed by atoms with E-state index in [1.54, 1.807) is 0 Å². The van der Waals surface area contributed by atoms with Crippen molar-refractivity contribution in [2.24, 2.45) is 0 Å². The van der Waals surface area contributed by atoms with E-state index in [1.165, 1.54) is 13.8 Å². The molecule has 1 atom stereocenters. The molecule has 0 bridgehead atoms. The fourth-order valence-corrected chi connectivity index (χ4v) is 0.602. The lowest BCUT2D eigenvalue weighted by Crippen LogP contribution is -2.38. The van der Waals surface area contributed by atoms with Gasteiger partial charge < -0.3 is 10.1 Å². The summed E-state index contributed by atoms with van der Waals surface area (Å²) in [5, 5.41) is 2.37. The van der Waals surface area contributed by atoms with Gasteiger partial charge in [0.1, 0.15) is 6.04 Å². The minimum atomic E-state index is -0.643. The maximum absolute atomic E-state index is 10.9. The predicted octanol–water partition coefficient (Wildman–Crippen LogP) is -0.313. The normalized spacial score (nSPS) is 11.1. The second-order valence-electron chi connectivity index (χ2n) is 2.23. The summed E-state index contributed by atoms with van der Waals surface area (Å²) in [7, 11) is 0. The Morgan fingerprint density at radius 3 is 2.67 bits per heavy atom. The lowest BCUT2D eigenvalue weighted by Gasteiger charge is -2.09. The van der Waals surface area contributed by atoms with E-state index in [0.29, 0.717) is 0 Å². The molecule has 0 rings (SSSR count). The minimum absolute atomic E-state index is 0.0667. The molecule has 0 aromatic rings. The Kier molecular flexibility index (Phi) is 4.54. The Bertz CT molecular complexity index is 217. The molecule has 1 amide bonds. The first kappa shape index (κ1) is 10.5. The molecule has 4 nitrogen and oxygen atoms in total. The van der Waals surface area contributed by atoms with E-state index >= 15 is 0 Å². The SMILES string of the molecule is C#CCOC(=O)[C@H](C)NC(C)=O. The van der Waals surface area contributed by atoms with Gasteiger partial charge in [0.25, 0.3) is 0 Å². The van der Waals surface area contributed by atoms with Crippen LogP contribution in [0.25, 0.3) is 0 Å². The molecule has 0 heterocycles. The summed E-state index contributed by atoms with van der Waals surface area (Å²) in [5.41, 5.74) is 0. The number of terminal acetylenes is 1. The minimum Gasteiger partial charge on any atom is -0.451 e.